The van der Waals surface area contributed by atoms with Crippen LogP contribution in [0, 0.1) is 0 Å². The van der Waals surface area contributed by atoms with Gasteiger partial charge in [-0.15, -0.1) is 0 Å². The molecule has 0 aromatic heterocycles. The summed E-state index contributed by atoms with van der Waals surface area (Å²) in [7, 11) is 0. The SMILES string of the molecule is OC[C@H]1O[C@@H](O)[C@H](O)[C@@H](O[C@@H]2O[C@H]3CO[C@@H]([C@@H]2O)[C@@H]3O)[C@H]1O. The molecule has 0 aromatic rings. The standard InChI is InChI=1S/C12H20O10/c13-1-3-5(14)10(7(16)11(18)20-3)22-12-8(17)9-6(15)4(21-12)2-19-9/h3-18H,1-2H2/t3-,4+,5+,6-,7-,8+,9-,10+,11-,12+/m1/s1. The Hall–Kier alpha value is -0.400. The lowest BCUT2D eigenvalue weighted by Crippen LogP contribution is -2.63. The first kappa shape index (κ1) is 16.5. The maximum absolute atomic E-state index is 10.1. The van der Waals surface area contributed by atoms with Crippen LogP contribution in [0.15, 0.2) is 0 Å². The molecule has 10 nitrogen and oxygen atoms in total. The average Bonchev–Trinajstić information content (AvgIpc) is 2.76. The fourth-order valence-corrected chi connectivity index (χ4v) is 2.94. The highest BCUT2D eigenvalue weighted by Crippen LogP contribution is 2.32. The van der Waals surface area contributed by atoms with E-state index in [0.717, 1.165) is 0 Å². The summed E-state index contributed by atoms with van der Waals surface area (Å²) in [6, 6.07) is 0. The third-order valence-corrected chi connectivity index (χ3v) is 4.23. The van der Waals surface area contributed by atoms with Crippen LogP contribution >= 0.6 is 0 Å². The zero-order valence-corrected chi connectivity index (χ0v) is 11.5. The van der Waals surface area contributed by atoms with Crippen molar-refractivity contribution in [1.29, 1.82) is 0 Å². The molecule has 0 amide bonds. The zero-order valence-electron chi connectivity index (χ0n) is 11.5. The minimum Gasteiger partial charge on any atom is -0.394 e. The molecule has 10 atom stereocenters. The van der Waals surface area contributed by atoms with E-state index < -0.39 is 68.0 Å². The fourth-order valence-electron chi connectivity index (χ4n) is 2.94. The van der Waals surface area contributed by atoms with Crippen molar-refractivity contribution in [2.45, 2.75) is 61.4 Å². The van der Waals surface area contributed by atoms with Crippen LogP contribution in [-0.2, 0) is 18.9 Å². The molecular weight excluding hydrogens is 304 g/mol. The first-order valence-electron chi connectivity index (χ1n) is 7.03. The van der Waals surface area contributed by atoms with Crippen LogP contribution in [-0.4, -0.2) is 105 Å². The third kappa shape index (κ3) is 2.65. The molecule has 6 N–H and O–H groups in total. The number of rotatable bonds is 3. The van der Waals surface area contributed by atoms with Gasteiger partial charge in [-0.2, -0.15) is 0 Å². The van der Waals surface area contributed by atoms with Crippen molar-refractivity contribution < 1.29 is 49.6 Å². The molecule has 3 aliphatic rings. The lowest BCUT2D eigenvalue weighted by Gasteiger charge is -2.43. The van der Waals surface area contributed by atoms with Gasteiger partial charge in [-0.05, 0) is 0 Å². The summed E-state index contributed by atoms with van der Waals surface area (Å²) in [6.45, 7) is -0.504. The predicted octanol–water partition coefficient (Wildman–Crippen LogP) is -4.35. The van der Waals surface area contributed by atoms with Crippen molar-refractivity contribution in [3.8, 4) is 0 Å². The Labute approximate surface area is 125 Å². The first-order chi connectivity index (χ1) is 10.4. The maximum atomic E-state index is 10.1. The Morgan fingerprint density at radius 3 is 2.32 bits per heavy atom. The maximum Gasteiger partial charge on any atom is 0.187 e. The molecule has 2 bridgehead atoms. The molecule has 3 fully saturated rings. The molecule has 0 unspecified atom stereocenters. The van der Waals surface area contributed by atoms with Gasteiger partial charge in [0, 0.05) is 0 Å². The lowest BCUT2D eigenvalue weighted by molar-refractivity contribution is -0.341. The van der Waals surface area contributed by atoms with E-state index in [4.69, 9.17) is 24.1 Å². The van der Waals surface area contributed by atoms with Crippen LogP contribution in [0.1, 0.15) is 0 Å². The van der Waals surface area contributed by atoms with E-state index in [0.29, 0.717) is 0 Å². The van der Waals surface area contributed by atoms with E-state index in [2.05, 4.69) is 0 Å². The lowest BCUT2D eigenvalue weighted by atomic mass is 9.98. The van der Waals surface area contributed by atoms with Crippen molar-refractivity contribution >= 4 is 0 Å². The van der Waals surface area contributed by atoms with E-state index in [1.807, 2.05) is 0 Å². The number of hydrogen-bond acceptors (Lipinski definition) is 10. The number of fused-ring (bicyclic) bond motifs is 2. The largest absolute Gasteiger partial charge is 0.394 e. The minimum atomic E-state index is -1.66. The summed E-state index contributed by atoms with van der Waals surface area (Å²) in [6.07, 6.45) is -12.4. The van der Waals surface area contributed by atoms with E-state index in [9.17, 15) is 25.5 Å². The Balaban J connectivity index is 1.71. The van der Waals surface area contributed by atoms with Gasteiger partial charge in [0.2, 0.25) is 0 Å². The van der Waals surface area contributed by atoms with Gasteiger partial charge in [0.05, 0.1) is 13.2 Å². The number of ether oxygens (including phenoxy) is 4. The molecule has 0 radical (unpaired) electrons. The van der Waals surface area contributed by atoms with Crippen molar-refractivity contribution in [3.05, 3.63) is 0 Å². The molecule has 128 valence electrons. The highest BCUT2D eigenvalue weighted by Gasteiger charge is 2.53. The van der Waals surface area contributed by atoms with Crippen LogP contribution in [0.25, 0.3) is 0 Å². The summed E-state index contributed by atoms with van der Waals surface area (Å²) in [4.78, 5) is 0. The van der Waals surface area contributed by atoms with Gasteiger partial charge in [0.25, 0.3) is 0 Å². The molecule has 3 saturated heterocycles. The number of aliphatic hydroxyl groups excluding tert-OH is 6. The Morgan fingerprint density at radius 2 is 1.64 bits per heavy atom. The van der Waals surface area contributed by atoms with Crippen LogP contribution in [0.5, 0.6) is 0 Å². The smallest absolute Gasteiger partial charge is 0.187 e. The summed E-state index contributed by atoms with van der Waals surface area (Å²) in [5.41, 5.74) is 0. The number of hydrogen-bond donors (Lipinski definition) is 6. The van der Waals surface area contributed by atoms with E-state index in [-0.39, 0.29) is 6.61 Å². The van der Waals surface area contributed by atoms with Crippen molar-refractivity contribution in [2.24, 2.45) is 0 Å². The molecule has 10 heteroatoms. The van der Waals surface area contributed by atoms with Crippen LogP contribution in [0.4, 0.5) is 0 Å². The predicted molar refractivity (Wildman–Crippen MR) is 65.3 cm³/mol. The van der Waals surface area contributed by atoms with Gasteiger partial charge >= 0.3 is 0 Å². The van der Waals surface area contributed by atoms with Crippen molar-refractivity contribution in [2.75, 3.05) is 13.2 Å². The summed E-state index contributed by atoms with van der Waals surface area (Å²) in [5.74, 6) is 0. The van der Waals surface area contributed by atoms with Gasteiger partial charge in [0.1, 0.15) is 48.8 Å². The van der Waals surface area contributed by atoms with Crippen molar-refractivity contribution in [1.82, 2.24) is 0 Å². The Kier molecular flexibility index (Phi) is 4.67. The second kappa shape index (κ2) is 6.24. The molecule has 0 saturated carbocycles. The molecular formula is C12H20O10. The van der Waals surface area contributed by atoms with Crippen molar-refractivity contribution in [3.63, 3.8) is 0 Å². The molecule has 3 aliphatic heterocycles. The van der Waals surface area contributed by atoms with Gasteiger partial charge in [-0.1, -0.05) is 0 Å². The first-order valence-corrected chi connectivity index (χ1v) is 7.03. The van der Waals surface area contributed by atoms with E-state index >= 15 is 0 Å². The van der Waals surface area contributed by atoms with Crippen LogP contribution in [0.2, 0.25) is 0 Å². The molecule has 3 rings (SSSR count). The van der Waals surface area contributed by atoms with E-state index in [1.54, 1.807) is 0 Å². The zero-order chi connectivity index (χ0) is 16.0. The van der Waals surface area contributed by atoms with Gasteiger partial charge in [0.15, 0.2) is 12.6 Å². The van der Waals surface area contributed by atoms with Crippen LogP contribution in [0.3, 0.4) is 0 Å². The Morgan fingerprint density at radius 1 is 0.909 bits per heavy atom. The van der Waals surface area contributed by atoms with Crippen LogP contribution < -0.4 is 0 Å². The topological polar surface area (TPSA) is 158 Å². The quantitative estimate of drug-likeness (QED) is 0.299. The molecule has 0 spiro atoms. The molecule has 22 heavy (non-hydrogen) atoms. The second-order valence-electron chi connectivity index (χ2n) is 5.65. The Bertz CT molecular complexity index is 394. The van der Waals surface area contributed by atoms with Gasteiger partial charge in [-0.25, -0.2) is 0 Å². The van der Waals surface area contributed by atoms with Gasteiger partial charge < -0.3 is 49.6 Å². The highest BCUT2D eigenvalue weighted by atomic mass is 16.7. The summed E-state index contributed by atoms with van der Waals surface area (Å²) < 4.78 is 20.8. The summed E-state index contributed by atoms with van der Waals surface area (Å²) in [5, 5.41) is 58.4. The number of aliphatic hydroxyl groups is 6. The van der Waals surface area contributed by atoms with E-state index in [1.165, 1.54) is 0 Å². The fraction of sp³-hybridized carbons (Fsp3) is 1.00. The summed E-state index contributed by atoms with van der Waals surface area (Å²) >= 11 is 0. The minimum absolute atomic E-state index is 0.0868. The third-order valence-electron chi connectivity index (χ3n) is 4.23. The molecule has 3 heterocycles. The normalized spacial score (nSPS) is 55.4. The average molecular weight is 324 g/mol. The molecule has 0 aliphatic carbocycles. The molecule has 0 aromatic carbocycles. The monoisotopic (exact) mass is 324 g/mol. The van der Waals surface area contributed by atoms with Gasteiger partial charge in [-0.3, -0.25) is 0 Å². The highest BCUT2D eigenvalue weighted by molar-refractivity contribution is 4.97. The second-order valence-corrected chi connectivity index (χ2v) is 5.65.